The third kappa shape index (κ3) is 3.71. The first-order valence-electron chi connectivity index (χ1n) is 7.72. The van der Waals surface area contributed by atoms with E-state index in [1.807, 2.05) is 12.1 Å². The number of hydroxylamine groups is 1. The second kappa shape index (κ2) is 6.41. The van der Waals surface area contributed by atoms with Crippen molar-refractivity contribution in [2.75, 3.05) is 13.1 Å². The number of likely N-dealkylation sites (tertiary alicyclic amines) is 1. The normalized spacial score (nSPS) is 22.8. The van der Waals surface area contributed by atoms with Gasteiger partial charge in [0.05, 0.1) is 0 Å². The number of hydrogen-bond donors (Lipinski definition) is 2. The Morgan fingerprint density at radius 1 is 1.29 bits per heavy atom. The zero-order chi connectivity index (χ0) is 14.7. The van der Waals surface area contributed by atoms with Crippen molar-refractivity contribution in [3.8, 4) is 0 Å². The summed E-state index contributed by atoms with van der Waals surface area (Å²) in [5, 5.41) is 8.45. The van der Waals surface area contributed by atoms with Gasteiger partial charge in [0.15, 0.2) is 0 Å². The maximum Gasteiger partial charge on any atom is 0.267 e. The van der Waals surface area contributed by atoms with E-state index in [9.17, 15) is 4.79 Å². The first-order valence-corrected chi connectivity index (χ1v) is 7.72. The van der Waals surface area contributed by atoms with Crippen molar-refractivity contribution >= 4 is 12.0 Å². The van der Waals surface area contributed by atoms with Gasteiger partial charge in [0.25, 0.3) is 5.91 Å². The van der Waals surface area contributed by atoms with Crippen LogP contribution >= 0.6 is 0 Å². The van der Waals surface area contributed by atoms with Gasteiger partial charge in [-0.3, -0.25) is 14.9 Å². The molecule has 2 fully saturated rings. The summed E-state index contributed by atoms with van der Waals surface area (Å²) in [6, 6.07) is 8.94. The van der Waals surface area contributed by atoms with E-state index in [0.717, 1.165) is 11.5 Å². The molecule has 1 aliphatic heterocycles. The minimum absolute atomic E-state index is 0.509. The van der Waals surface area contributed by atoms with Crippen LogP contribution in [0.25, 0.3) is 6.08 Å². The SMILES string of the molecule is O=C(/C=C/c1ccc(C2CCCN2CC2CC2)cc1)NO. The third-order valence-corrected chi connectivity index (χ3v) is 4.41. The van der Waals surface area contributed by atoms with Gasteiger partial charge in [0.2, 0.25) is 0 Å². The van der Waals surface area contributed by atoms with Crippen LogP contribution in [0.1, 0.15) is 42.9 Å². The van der Waals surface area contributed by atoms with Crippen LogP contribution in [0.15, 0.2) is 30.3 Å². The molecule has 1 aromatic carbocycles. The summed E-state index contributed by atoms with van der Waals surface area (Å²) in [5.74, 6) is 0.426. The van der Waals surface area contributed by atoms with Crippen molar-refractivity contribution < 1.29 is 10.0 Å². The maximum atomic E-state index is 11.0. The summed E-state index contributed by atoms with van der Waals surface area (Å²) in [7, 11) is 0. The number of carbonyl (C=O) groups excluding carboxylic acids is 1. The molecule has 4 heteroatoms. The lowest BCUT2D eigenvalue weighted by atomic mass is 10.0. The largest absolute Gasteiger partial charge is 0.296 e. The molecule has 1 heterocycles. The molecule has 1 unspecified atom stereocenters. The predicted molar refractivity (Wildman–Crippen MR) is 81.7 cm³/mol. The molecule has 0 radical (unpaired) electrons. The molecule has 4 nitrogen and oxygen atoms in total. The molecule has 1 atom stereocenters. The minimum Gasteiger partial charge on any atom is -0.296 e. The van der Waals surface area contributed by atoms with E-state index in [1.54, 1.807) is 11.6 Å². The third-order valence-electron chi connectivity index (χ3n) is 4.41. The highest BCUT2D eigenvalue weighted by atomic mass is 16.5. The average Bonchev–Trinajstić information content (AvgIpc) is 3.21. The zero-order valence-electron chi connectivity index (χ0n) is 12.2. The lowest BCUT2D eigenvalue weighted by Gasteiger charge is -2.24. The molecule has 1 saturated carbocycles. The molecule has 21 heavy (non-hydrogen) atoms. The predicted octanol–water partition coefficient (Wildman–Crippen LogP) is 2.75. The summed E-state index contributed by atoms with van der Waals surface area (Å²) in [6.45, 7) is 2.47. The Kier molecular flexibility index (Phi) is 4.36. The number of nitrogens with one attached hydrogen (secondary N) is 1. The molecule has 1 amide bonds. The molecule has 2 N–H and O–H groups in total. The highest BCUT2D eigenvalue weighted by Gasteiger charge is 2.31. The summed E-state index contributed by atoms with van der Waals surface area (Å²) in [6.07, 6.45) is 8.36. The topological polar surface area (TPSA) is 52.6 Å². The van der Waals surface area contributed by atoms with E-state index in [-0.39, 0.29) is 0 Å². The first kappa shape index (κ1) is 14.3. The van der Waals surface area contributed by atoms with Crippen molar-refractivity contribution in [3.05, 3.63) is 41.5 Å². The second-order valence-electron chi connectivity index (χ2n) is 6.07. The fourth-order valence-electron chi connectivity index (χ4n) is 3.09. The molecule has 2 aliphatic rings. The van der Waals surface area contributed by atoms with Crippen molar-refractivity contribution in [2.24, 2.45) is 5.92 Å². The van der Waals surface area contributed by atoms with E-state index in [2.05, 4.69) is 17.0 Å². The molecule has 0 spiro atoms. The van der Waals surface area contributed by atoms with Gasteiger partial charge in [-0.2, -0.15) is 0 Å². The molecular weight excluding hydrogens is 264 g/mol. The summed E-state index contributed by atoms with van der Waals surface area (Å²) in [4.78, 5) is 13.6. The van der Waals surface area contributed by atoms with Gasteiger partial charge in [-0.1, -0.05) is 24.3 Å². The van der Waals surface area contributed by atoms with Crippen molar-refractivity contribution in [2.45, 2.75) is 31.7 Å². The van der Waals surface area contributed by atoms with Crippen LogP contribution in [0.3, 0.4) is 0 Å². The van der Waals surface area contributed by atoms with Gasteiger partial charge in [-0.15, -0.1) is 0 Å². The summed E-state index contributed by atoms with van der Waals surface area (Å²) < 4.78 is 0. The van der Waals surface area contributed by atoms with Crippen molar-refractivity contribution in [1.82, 2.24) is 10.4 Å². The Labute approximate surface area is 125 Å². The van der Waals surface area contributed by atoms with E-state index in [0.29, 0.717) is 6.04 Å². The first-order chi connectivity index (χ1) is 10.3. The molecule has 1 saturated heterocycles. The number of nitrogens with zero attached hydrogens (tertiary/aromatic N) is 1. The molecule has 1 aromatic rings. The fraction of sp³-hybridized carbons (Fsp3) is 0.471. The summed E-state index contributed by atoms with van der Waals surface area (Å²) >= 11 is 0. The smallest absolute Gasteiger partial charge is 0.267 e. The van der Waals surface area contributed by atoms with Gasteiger partial charge in [0.1, 0.15) is 0 Å². The van der Waals surface area contributed by atoms with Crippen LogP contribution in [-0.2, 0) is 4.79 Å². The second-order valence-corrected chi connectivity index (χ2v) is 6.07. The Bertz CT molecular complexity index is 520. The molecule has 0 aromatic heterocycles. The van der Waals surface area contributed by atoms with E-state index < -0.39 is 5.91 Å². The molecule has 3 rings (SSSR count). The monoisotopic (exact) mass is 286 g/mol. The lowest BCUT2D eigenvalue weighted by molar-refractivity contribution is -0.124. The Hall–Kier alpha value is -1.65. The van der Waals surface area contributed by atoms with Gasteiger partial charge in [-0.25, -0.2) is 5.48 Å². The van der Waals surface area contributed by atoms with Crippen LogP contribution in [-0.4, -0.2) is 29.1 Å². The number of amides is 1. The quantitative estimate of drug-likeness (QED) is 0.497. The van der Waals surface area contributed by atoms with Crippen LogP contribution in [0.4, 0.5) is 0 Å². The standard InChI is InChI=1S/C17H22N2O2/c20-17(18-21)10-7-13-5-8-15(9-6-13)16-2-1-11-19(16)12-14-3-4-14/h5-10,14,16,21H,1-4,11-12H2,(H,18,20)/b10-7+. The minimum atomic E-state index is -0.509. The Morgan fingerprint density at radius 3 is 2.71 bits per heavy atom. The van der Waals surface area contributed by atoms with Gasteiger partial charge in [0, 0.05) is 18.7 Å². The number of carbonyl (C=O) groups is 1. The molecule has 0 bridgehead atoms. The van der Waals surface area contributed by atoms with E-state index >= 15 is 0 Å². The van der Waals surface area contributed by atoms with Crippen molar-refractivity contribution in [3.63, 3.8) is 0 Å². The van der Waals surface area contributed by atoms with E-state index in [4.69, 9.17) is 5.21 Å². The Morgan fingerprint density at radius 2 is 2.05 bits per heavy atom. The summed E-state index contributed by atoms with van der Waals surface area (Å²) in [5.41, 5.74) is 3.93. The van der Waals surface area contributed by atoms with Crippen LogP contribution < -0.4 is 5.48 Å². The number of benzene rings is 1. The number of rotatable bonds is 5. The number of hydrogen-bond acceptors (Lipinski definition) is 3. The fourth-order valence-corrected chi connectivity index (χ4v) is 3.09. The average molecular weight is 286 g/mol. The maximum absolute atomic E-state index is 11.0. The van der Waals surface area contributed by atoms with Crippen LogP contribution in [0.5, 0.6) is 0 Å². The van der Waals surface area contributed by atoms with Gasteiger partial charge in [-0.05, 0) is 55.3 Å². The highest BCUT2D eigenvalue weighted by molar-refractivity contribution is 5.90. The zero-order valence-corrected chi connectivity index (χ0v) is 12.2. The Balaban J connectivity index is 1.65. The molecule has 1 aliphatic carbocycles. The molecule has 112 valence electrons. The van der Waals surface area contributed by atoms with Crippen LogP contribution in [0.2, 0.25) is 0 Å². The molecular formula is C17H22N2O2. The van der Waals surface area contributed by atoms with Gasteiger partial charge >= 0.3 is 0 Å². The van der Waals surface area contributed by atoms with Crippen molar-refractivity contribution in [1.29, 1.82) is 0 Å². The van der Waals surface area contributed by atoms with Gasteiger partial charge < -0.3 is 0 Å². The highest BCUT2D eigenvalue weighted by Crippen LogP contribution is 2.37. The van der Waals surface area contributed by atoms with Crippen LogP contribution in [0, 0.1) is 5.92 Å². The lowest BCUT2D eigenvalue weighted by Crippen LogP contribution is -2.25. The van der Waals surface area contributed by atoms with E-state index in [1.165, 1.54) is 50.4 Å².